The van der Waals surface area contributed by atoms with Gasteiger partial charge in [-0.25, -0.2) is 0 Å². The number of rotatable bonds is 2. The van der Waals surface area contributed by atoms with E-state index < -0.39 is 32.4 Å². The fraction of sp³-hybridized carbons (Fsp3) is 1.00. The zero-order chi connectivity index (χ0) is 12.3. The van der Waals surface area contributed by atoms with Gasteiger partial charge in [-0.1, -0.05) is 0 Å². The number of hydrogen-bond acceptors (Lipinski definition) is 6. The van der Waals surface area contributed by atoms with Gasteiger partial charge in [-0.2, -0.15) is 16.8 Å². The molecule has 98 valence electrons. The van der Waals surface area contributed by atoms with E-state index in [9.17, 15) is 16.8 Å². The molecule has 3 fully saturated rings. The van der Waals surface area contributed by atoms with Crippen LogP contribution in [0.15, 0.2) is 0 Å². The molecule has 0 amide bonds. The molecule has 8 heteroatoms. The van der Waals surface area contributed by atoms with Crippen LogP contribution in [0.3, 0.4) is 0 Å². The van der Waals surface area contributed by atoms with Crippen LogP contribution in [0.1, 0.15) is 25.7 Å². The Morgan fingerprint density at radius 1 is 0.824 bits per heavy atom. The molecule has 0 aromatic rings. The Bertz CT molecular complexity index is 484. The summed E-state index contributed by atoms with van der Waals surface area (Å²) in [4.78, 5) is 0. The molecular weight excluding hydrogens is 268 g/mol. The van der Waals surface area contributed by atoms with Crippen molar-refractivity contribution < 1.29 is 25.2 Å². The Hall–Kier alpha value is -0.180. The largest absolute Gasteiger partial charge is 0.267 e. The van der Waals surface area contributed by atoms with Gasteiger partial charge in [0.05, 0.1) is 23.7 Å². The molecule has 2 unspecified atom stereocenters. The lowest BCUT2D eigenvalue weighted by molar-refractivity contribution is 0.0481. The highest BCUT2D eigenvalue weighted by molar-refractivity contribution is 7.87. The van der Waals surface area contributed by atoms with Gasteiger partial charge >= 0.3 is 0 Å². The summed E-state index contributed by atoms with van der Waals surface area (Å²) in [6.45, 7) is 0. The molecule has 0 N–H and O–H groups in total. The molecular formula is C9H14O6S2. The monoisotopic (exact) mass is 282 g/mol. The summed E-state index contributed by atoms with van der Waals surface area (Å²) in [5.74, 6) is 0.0533. The summed E-state index contributed by atoms with van der Waals surface area (Å²) in [6.07, 6.45) is 1.67. The Kier molecular flexibility index (Phi) is 2.40. The third-order valence-corrected chi connectivity index (χ3v) is 6.42. The third kappa shape index (κ3) is 2.00. The first-order valence-electron chi connectivity index (χ1n) is 5.65. The zero-order valence-electron chi connectivity index (χ0n) is 9.16. The van der Waals surface area contributed by atoms with E-state index in [0.717, 1.165) is 12.8 Å². The molecule has 2 atom stereocenters. The van der Waals surface area contributed by atoms with Crippen molar-refractivity contribution >= 4 is 20.2 Å². The quantitative estimate of drug-likeness (QED) is 0.663. The molecule has 0 radical (unpaired) electrons. The Labute approximate surface area is 101 Å². The van der Waals surface area contributed by atoms with E-state index in [1.807, 2.05) is 0 Å². The standard InChI is InChI=1S/C9H14O6S2/c10-16(11)5-1-7(14-16)9(3-4-9)8-2-6-17(12,13)15-8/h7-8H,1-6H2. The van der Waals surface area contributed by atoms with Crippen molar-refractivity contribution in [1.29, 1.82) is 0 Å². The van der Waals surface area contributed by atoms with Crippen LogP contribution >= 0.6 is 0 Å². The Balaban J connectivity index is 1.80. The zero-order valence-corrected chi connectivity index (χ0v) is 10.8. The first kappa shape index (κ1) is 11.9. The first-order chi connectivity index (χ1) is 7.83. The summed E-state index contributed by atoms with van der Waals surface area (Å²) in [5.41, 5.74) is -0.382. The highest BCUT2D eigenvalue weighted by Crippen LogP contribution is 2.58. The van der Waals surface area contributed by atoms with Gasteiger partial charge in [0.25, 0.3) is 20.2 Å². The molecule has 3 rings (SSSR count). The minimum atomic E-state index is -3.40. The summed E-state index contributed by atoms with van der Waals surface area (Å²) in [7, 11) is -6.80. The van der Waals surface area contributed by atoms with Crippen molar-refractivity contribution in [3.05, 3.63) is 0 Å². The van der Waals surface area contributed by atoms with Crippen molar-refractivity contribution in [3.8, 4) is 0 Å². The van der Waals surface area contributed by atoms with Crippen LogP contribution in [0, 0.1) is 5.41 Å². The van der Waals surface area contributed by atoms with Crippen molar-refractivity contribution in [2.75, 3.05) is 11.5 Å². The van der Waals surface area contributed by atoms with Crippen LogP contribution in [-0.4, -0.2) is 40.5 Å². The van der Waals surface area contributed by atoms with Gasteiger partial charge in [-0.05, 0) is 25.7 Å². The topological polar surface area (TPSA) is 86.7 Å². The van der Waals surface area contributed by atoms with E-state index in [-0.39, 0.29) is 16.9 Å². The van der Waals surface area contributed by atoms with Gasteiger partial charge in [0, 0.05) is 5.41 Å². The molecule has 0 aromatic heterocycles. The molecule has 2 saturated heterocycles. The van der Waals surface area contributed by atoms with E-state index in [1.165, 1.54) is 0 Å². The maximum atomic E-state index is 11.3. The molecule has 2 aliphatic heterocycles. The van der Waals surface area contributed by atoms with Gasteiger partial charge < -0.3 is 0 Å². The van der Waals surface area contributed by atoms with Crippen molar-refractivity contribution in [3.63, 3.8) is 0 Å². The van der Waals surface area contributed by atoms with E-state index in [0.29, 0.717) is 12.8 Å². The van der Waals surface area contributed by atoms with Crippen molar-refractivity contribution in [1.82, 2.24) is 0 Å². The summed E-state index contributed by atoms with van der Waals surface area (Å²) in [6, 6.07) is 0. The van der Waals surface area contributed by atoms with E-state index in [2.05, 4.69) is 0 Å². The molecule has 1 saturated carbocycles. The van der Waals surface area contributed by atoms with E-state index >= 15 is 0 Å². The smallest absolute Gasteiger partial charge is 0.266 e. The van der Waals surface area contributed by atoms with Crippen molar-refractivity contribution in [2.24, 2.45) is 5.41 Å². The van der Waals surface area contributed by atoms with Crippen molar-refractivity contribution in [2.45, 2.75) is 37.9 Å². The third-order valence-electron chi connectivity index (χ3n) is 3.90. The predicted octanol–water partition coefficient (Wildman–Crippen LogP) is 0.00400. The molecule has 0 bridgehead atoms. The lowest BCUT2D eigenvalue weighted by Crippen LogP contribution is -2.33. The van der Waals surface area contributed by atoms with Gasteiger partial charge in [-0.15, -0.1) is 0 Å². The highest BCUT2D eigenvalue weighted by Gasteiger charge is 2.61. The van der Waals surface area contributed by atoms with Crippen LogP contribution in [0.25, 0.3) is 0 Å². The fourth-order valence-corrected chi connectivity index (χ4v) is 5.29. The SMILES string of the molecule is O=S1(=O)CCC(C2(C3CCS(=O)(=O)O3)CC2)O1. The fourth-order valence-electron chi connectivity index (χ4n) is 2.81. The van der Waals surface area contributed by atoms with Crippen LogP contribution in [0.5, 0.6) is 0 Å². The maximum absolute atomic E-state index is 11.3. The highest BCUT2D eigenvalue weighted by atomic mass is 32.2. The molecule has 0 aromatic carbocycles. The van der Waals surface area contributed by atoms with Gasteiger partial charge in [0.15, 0.2) is 0 Å². The molecule has 17 heavy (non-hydrogen) atoms. The molecule has 6 nitrogen and oxygen atoms in total. The second-order valence-electron chi connectivity index (χ2n) is 5.00. The van der Waals surface area contributed by atoms with Gasteiger partial charge in [0.2, 0.25) is 0 Å². The molecule has 1 aliphatic carbocycles. The average Bonchev–Trinajstić information content (AvgIpc) is 2.83. The molecule has 3 aliphatic rings. The van der Waals surface area contributed by atoms with Crippen LogP contribution < -0.4 is 0 Å². The van der Waals surface area contributed by atoms with E-state index in [4.69, 9.17) is 8.37 Å². The van der Waals surface area contributed by atoms with Crippen LogP contribution in [-0.2, 0) is 28.6 Å². The second-order valence-corrected chi connectivity index (χ2v) is 8.44. The van der Waals surface area contributed by atoms with Gasteiger partial charge in [-0.3, -0.25) is 8.37 Å². The number of hydrogen-bond donors (Lipinski definition) is 0. The minimum absolute atomic E-state index is 0.0267. The second kappa shape index (κ2) is 3.43. The maximum Gasteiger partial charge on any atom is 0.267 e. The normalized spacial score (nSPS) is 41.4. The summed E-state index contributed by atoms with van der Waals surface area (Å²) >= 11 is 0. The van der Waals surface area contributed by atoms with E-state index in [1.54, 1.807) is 0 Å². The summed E-state index contributed by atoms with van der Waals surface area (Å²) in [5, 5.41) is 0. The van der Waals surface area contributed by atoms with Crippen LogP contribution in [0.2, 0.25) is 0 Å². The van der Waals surface area contributed by atoms with Crippen LogP contribution in [0.4, 0.5) is 0 Å². The first-order valence-corrected chi connectivity index (χ1v) is 8.80. The van der Waals surface area contributed by atoms with Gasteiger partial charge in [0.1, 0.15) is 0 Å². The molecule has 0 spiro atoms. The minimum Gasteiger partial charge on any atom is -0.266 e. The lowest BCUT2D eigenvalue weighted by Gasteiger charge is -2.25. The molecule has 2 heterocycles. The predicted molar refractivity (Wildman–Crippen MR) is 58.2 cm³/mol. The Morgan fingerprint density at radius 3 is 1.47 bits per heavy atom. The average molecular weight is 282 g/mol. The summed E-state index contributed by atoms with van der Waals surface area (Å²) < 4.78 is 55.2. The lowest BCUT2D eigenvalue weighted by atomic mass is 9.89. The Morgan fingerprint density at radius 2 is 1.24 bits per heavy atom.